The van der Waals surface area contributed by atoms with Crippen LogP contribution in [0.3, 0.4) is 0 Å². The molecule has 7 nitrogen and oxygen atoms in total. The van der Waals surface area contributed by atoms with Gasteiger partial charge in [0.05, 0.1) is 18.3 Å². The van der Waals surface area contributed by atoms with E-state index in [0.29, 0.717) is 17.9 Å². The van der Waals surface area contributed by atoms with Crippen molar-refractivity contribution < 1.29 is 4.52 Å². The molecule has 0 unspecified atom stereocenters. The zero-order valence-corrected chi connectivity index (χ0v) is 15.4. The molecule has 1 aliphatic heterocycles. The number of piperidine rings is 1. The Morgan fingerprint density at radius 2 is 2.12 bits per heavy atom. The minimum atomic E-state index is 0.411. The molecule has 136 valence electrons. The lowest BCUT2D eigenvalue weighted by Crippen LogP contribution is -2.41. The second-order valence-corrected chi connectivity index (χ2v) is 7.72. The Morgan fingerprint density at radius 1 is 1.28 bits per heavy atom. The number of hydrogen-bond donors (Lipinski definition) is 0. The van der Waals surface area contributed by atoms with Crippen LogP contribution >= 0.6 is 0 Å². The zero-order chi connectivity index (χ0) is 17.4. The number of aromatic nitrogens is 4. The summed E-state index contributed by atoms with van der Waals surface area (Å²) in [6.07, 6.45) is 6.79. The fraction of sp³-hybridized carbons (Fsp3) is 0.722. The second kappa shape index (κ2) is 6.88. The van der Waals surface area contributed by atoms with Gasteiger partial charge in [0, 0.05) is 25.7 Å². The topological polar surface area (TPSA) is 63.2 Å². The Labute approximate surface area is 149 Å². The first-order valence-corrected chi connectivity index (χ1v) is 9.31. The van der Waals surface area contributed by atoms with Gasteiger partial charge in [0.15, 0.2) is 5.82 Å². The molecule has 0 bridgehead atoms. The van der Waals surface area contributed by atoms with Gasteiger partial charge in [0.2, 0.25) is 5.89 Å². The number of hydrogen-bond acceptors (Lipinski definition) is 6. The summed E-state index contributed by atoms with van der Waals surface area (Å²) in [5.74, 6) is 2.76. The van der Waals surface area contributed by atoms with E-state index in [1.165, 1.54) is 31.4 Å². The van der Waals surface area contributed by atoms with Crippen molar-refractivity contribution in [3.63, 3.8) is 0 Å². The maximum absolute atomic E-state index is 5.44. The third kappa shape index (κ3) is 3.62. The number of nitrogens with zero attached hydrogens (tertiary/aromatic N) is 6. The first-order valence-electron chi connectivity index (χ1n) is 9.31. The molecule has 2 aliphatic rings. The Balaban J connectivity index is 1.42. The number of aryl methyl sites for hydroxylation is 1. The third-order valence-corrected chi connectivity index (χ3v) is 5.55. The van der Waals surface area contributed by atoms with Gasteiger partial charge >= 0.3 is 0 Å². The number of likely N-dealkylation sites (tertiary alicyclic amines) is 1. The molecule has 0 N–H and O–H groups in total. The third-order valence-electron chi connectivity index (χ3n) is 5.55. The Bertz CT molecular complexity index is 706. The Morgan fingerprint density at radius 3 is 2.84 bits per heavy atom. The van der Waals surface area contributed by atoms with Gasteiger partial charge < -0.3 is 4.52 Å². The SMILES string of the molecule is CN(Cc1nc(C2CC2)no1)C[C@@H]1CCCN(C)[C@H]1c1ccnn1C. The van der Waals surface area contributed by atoms with Crippen LogP contribution < -0.4 is 0 Å². The highest BCUT2D eigenvalue weighted by atomic mass is 16.5. The zero-order valence-electron chi connectivity index (χ0n) is 15.4. The fourth-order valence-corrected chi connectivity index (χ4v) is 4.13. The lowest BCUT2D eigenvalue weighted by atomic mass is 9.87. The molecular weight excluding hydrogens is 316 g/mol. The molecule has 1 saturated carbocycles. The fourth-order valence-electron chi connectivity index (χ4n) is 4.13. The quantitative estimate of drug-likeness (QED) is 0.800. The van der Waals surface area contributed by atoms with E-state index in [1.807, 2.05) is 17.9 Å². The summed E-state index contributed by atoms with van der Waals surface area (Å²) in [4.78, 5) is 9.35. The van der Waals surface area contributed by atoms with Gasteiger partial charge in [0.25, 0.3) is 0 Å². The molecule has 0 amide bonds. The molecule has 3 heterocycles. The van der Waals surface area contributed by atoms with E-state index in [4.69, 9.17) is 4.52 Å². The van der Waals surface area contributed by atoms with E-state index < -0.39 is 0 Å². The van der Waals surface area contributed by atoms with Crippen molar-refractivity contribution in [1.82, 2.24) is 29.7 Å². The number of rotatable bonds is 6. The monoisotopic (exact) mass is 344 g/mol. The maximum atomic E-state index is 5.44. The van der Waals surface area contributed by atoms with Crippen molar-refractivity contribution in [3.8, 4) is 0 Å². The smallest absolute Gasteiger partial charge is 0.240 e. The summed E-state index contributed by atoms with van der Waals surface area (Å²) in [6.45, 7) is 2.88. The highest BCUT2D eigenvalue weighted by Crippen LogP contribution is 2.38. The van der Waals surface area contributed by atoms with Gasteiger partial charge in [-0.2, -0.15) is 10.1 Å². The predicted octanol–water partition coefficient (Wildman–Crippen LogP) is 2.20. The Hall–Kier alpha value is -1.73. The molecule has 2 atom stereocenters. The van der Waals surface area contributed by atoms with Crippen LogP contribution in [0.25, 0.3) is 0 Å². The van der Waals surface area contributed by atoms with E-state index in [-0.39, 0.29) is 0 Å². The Kier molecular flexibility index (Phi) is 4.60. The van der Waals surface area contributed by atoms with E-state index in [2.05, 4.69) is 45.2 Å². The van der Waals surface area contributed by atoms with Crippen LogP contribution in [0.5, 0.6) is 0 Å². The standard InChI is InChI=1S/C18H28N6O/c1-22(12-16-20-18(21-25-16)13-6-7-13)11-14-5-4-10-23(2)17(14)15-8-9-19-24(15)3/h8-9,13-14,17H,4-7,10-12H2,1-3H3/t14-,17+/m0/s1. The van der Waals surface area contributed by atoms with Gasteiger partial charge in [0.1, 0.15) is 0 Å². The van der Waals surface area contributed by atoms with Crippen molar-refractivity contribution in [3.05, 3.63) is 29.7 Å². The normalized spacial score (nSPS) is 25.0. The highest BCUT2D eigenvalue weighted by Gasteiger charge is 2.33. The second-order valence-electron chi connectivity index (χ2n) is 7.72. The lowest BCUT2D eigenvalue weighted by molar-refractivity contribution is 0.0844. The summed E-state index contributed by atoms with van der Waals surface area (Å²) in [6, 6.07) is 2.56. The van der Waals surface area contributed by atoms with Crippen LogP contribution in [0.2, 0.25) is 0 Å². The molecule has 25 heavy (non-hydrogen) atoms. The van der Waals surface area contributed by atoms with Gasteiger partial charge in [-0.3, -0.25) is 14.5 Å². The first-order chi connectivity index (χ1) is 12.1. The van der Waals surface area contributed by atoms with Gasteiger partial charge in [-0.25, -0.2) is 0 Å². The molecule has 0 spiro atoms. The van der Waals surface area contributed by atoms with Gasteiger partial charge in [-0.1, -0.05) is 5.16 Å². The first kappa shape index (κ1) is 16.7. The van der Waals surface area contributed by atoms with Gasteiger partial charge in [-0.15, -0.1) is 0 Å². The molecule has 1 saturated heterocycles. The summed E-state index contributed by atoms with van der Waals surface area (Å²) < 4.78 is 7.45. The average Bonchev–Trinajstić information content (AvgIpc) is 3.19. The average molecular weight is 344 g/mol. The molecule has 0 aromatic carbocycles. The largest absolute Gasteiger partial charge is 0.338 e. The highest BCUT2D eigenvalue weighted by molar-refractivity contribution is 5.10. The van der Waals surface area contributed by atoms with Crippen molar-refractivity contribution in [2.24, 2.45) is 13.0 Å². The molecule has 4 rings (SSSR count). The summed E-state index contributed by atoms with van der Waals surface area (Å²) in [7, 11) is 6.41. The van der Waals surface area contributed by atoms with Crippen LogP contribution in [-0.2, 0) is 13.6 Å². The molecule has 2 fully saturated rings. The molecule has 7 heteroatoms. The lowest BCUT2D eigenvalue weighted by Gasteiger charge is -2.40. The molecule has 2 aromatic rings. The van der Waals surface area contributed by atoms with E-state index in [1.54, 1.807) is 0 Å². The summed E-state index contributed by atoms with van der Waals surface area (Å²) in [5.41, 5.74) is 1.30. The van der Waals surface area contributed by atoms with Gasteiger partial charge in [-0.05, 0) is 58.3 Å². The minimum absolute atomic E-state index is 0.411. The van der Waals surface area contributed by atoms with Crippen molar-refractivity contribution in [1.29, 1.82) is 0 Å². The van der Waals surface area contributed by atoms with Crippen LogP contribution in [0.1, 0.15) is 55.1 Å². The summed E-state index contributed by atoms with van der Waals surface area (Å²) >= 11 is 0. The van der Waals surface area contributed by atoms with Crippen molar-refractivity contribution in [2.45, 2.75) is 44.2 Å². The molecule has 1 aliphatic carbocycles. The molecule has 0 radical (unpaired) electrons. The van der Waals surface area contributed by atoms with E-state index in [0.717, 1.165) is 31.3 Å². The van der Waals surface area contributed by atoms with Crippen molar-refractivity contribution >= 4 is 0 Å². The minimum Gasteiger partial charge on any atom is -0.338 e. The van der Waals surface area contributed by atoms with Crippen LogP contribution in [0, 0.1) is 5.92 Å². The van der Waals surface area contributed by atoms with E-state index in [9.17, 15) is 0 Å². The molecule has 2 aromatic heterocycles. The van der Waals surface area contributed by atoms with Crippen LogP contribution in [0.4, 0.5) is 0 Å². The van der Waals surface area contributed by atoms with E-state index >= 15 is 0 Å². The maximum Gasteiger partial charge on any atom is 0.240 e. The summed E-state index contributed by atoms with van der Waals surface area (Å²) in [5, 5.41) is 8.50. The molecular formula is C18H28N6O. The van der Waals surface area contributed by atoms with Crippen LogP contribution in [0.15, 0.2) is 16.8 Å². The van der Waals surface area contributed by atoms with Crippen LogP contribution in [-0.4, -0.2) is 56.9 Å². The van der Waals surface area contributed by atoms with Crippen molar-refractivity contribution in [2.75, 3.05) is 27.2 Å². The predicted molar refractivity (Wildman–Crippen MR) is 93.9 cm³/mol.